The molecule has 0 radical (unpaired) electrons. The standard InChI is InChI=1S/C20H23BrN4O4/c1-2-28-19(27)25-9-5-20(6-10-25)12-15(24-18(26)17-22-7-8-23-17)14-11-13(21)3-4-16(14)29-20/h3-4,7-8,11,15H,2,5-6,9-10,12H2,1H3,(H,22,23)(H,24,26). The fourth-order valence-corrected chi connectivity index (χ4v) is 4.38. The zero-order valence-electron chi connectivity index (χ0n) is 16.1. The van der Waals surface area contributed by atoms with Crippen LogP contribution in [0.15, 0.2) is 35.1 Å². The maximum absolute atomic E-state index is 12.6. The van der Waals surface area contributed by atoms with E-state index in [4.69, 9.17) is 9.47 Å². The Hall–Kier alpha value is -2.55. The molecule has 1 aromatic carbocycles. The Labute approximate surface area is 177 Å². The highest BCUT2D eigenvalue weighted by Crippen LogP contribution is 2.45. The normalized spacial score (nSPS) is 19.9. The second kappa shape index (κ2) is 8.06. The third-order valence-corrected chi connectivity index (χ3v) is 5.96. The number of rotatable bonds is 3. The van der Waals surface area contributed by atoms with Gasteiger partial charge in [-0.2, -0.15) is 0 Å². The van der Waals surface area contributed by atoms with Gasteiger partial charge in [0.05, 0.1) is 12.6 Å². The minimum Gasteiger partial charge on any atom is -0.487 e. The summed E-state index contributed by atoms with van der Waals surface area (Å²) < 4.78 is 12.5. The minimum atomic E-state index is -0.440. The summed E-state index contributed by atoms with van der Waals surface area (Å²) in [7, 11) is 0. The van der Waals surface area contributed by atoms with Gasteiger partial charge in [-0.05, 0) is 25.1 Å². The van der Waals surface area contributed by atoms with E-state index in [0.717, 1.165) is 15.8 Å². The summed E-state index contributed by atoms with van der Waals surface area (Å²) in [6.45, 7) is 3.28. The fraction of sp³-hybridized carbons (Fsp3) is 0.450. The van der Waals surface area contributed by atoms with Gasteiger partial charge >= 0.3 is 6.09 Å². The Balaban J connectivity index is 1.55. The highest BCUT2D eigenvalue weighted by atomic mass is 79.9. The second-order valence-electron chi connectivity index (χ2n) is 7.32. The smallest absolute Gasteiger partial charge is 0.409 e. The number of aromatic nitrogens is 2. The molecule has 0 saturated carbocycles. The summed E-state index contributed by atoms with van der Waals surface area (Å²) in [4.78, 5) is 33.3. The number of hydrogen-bond acceptors (Lipinski definition) is 5. The first-order valence-electron chi connectivity index (χ1n) is 9.70. The Morgan fingerprint density at radius 1 is 1.41 bits per heavy atom. The maximum atomic E-state index is 12.6. The molecule has 1 saturated heterocycles. The van der Waals surface area contributed by atoms with Crippen molar-refractivity contribution in [3.05, 3.63) is 46.5 Å². The number of nitrogens with zero attached hydrogens (tertiary/aromatic N) is 2. The number of benzene rings is 1. The largest absolute Gasteiger partial charge is 0.487 e. The summed E-state index contributed by atoms with van der Waals surface area (Å²) in [6.07, 6.45) is 4.86. The van der Waals surface area contributed by atoms with Crippen molar-refractivity contribution < 1.29 is 19.1 Å². The van der Waals surface area contributed by atoms with E-state index in [9.17, 15) is 9.59 Å². The lowest BCUT2D eigenvalue weighted by atomic mass is 9.80. The summed E-state index contributed by atoms with van der Waals surface area (Å²) >= 11 is 3.50. The van der Waals surface area contributed by atoms with Gasteiger partial charge < -0.3 is 24.7 Å². The quantitative estimate of drug-likeness (QED) is 0.728. The van der Waals surface area contributed by atoms with Crippen LogP contribution in [0.5, 0.6) is 5.75 Å². The molecular formula is C20H23BrN4O4. The SMILES string of the molecule is CCOC(=O)N1CCC2(CC1)CC(NC(=O)c1ncc[nH]1)c1cc(Br)ccc1O2. The van der Waals surface area contributed by atoms with E-state index in [2.05, 4.69) is 31.2 Å². The zero-order valence-corrected chi connectivity index (χ0v) is 17.7. The third kappa shape index (κ3) is 4.10. The molecule has 1 atom stereocenters. The van der Waals surface area contributed by atoms with Gasteiger partial charge in [-0.15, -0.1) is 0 Å². The van der Waals surface area contributed by atoms with Crippen molar-refractivity contribution in [3.63, 3.8) is 0 Å². The van der Waals surface area contributed by atoms with Gasteiger partial charge in [0.2, 0.25) is 0 Å². The number of imidazole rings is 1. The number of carbonyl (C=O) groups excluding carboxylic acids is 2. The average Bonchev–Trinajstić information content (AvgIpc) is 3.24. The lowest BCUT2D eigenvalue weighted by molar-refractivity contribution is -0.0233. The molecular weight excluding hydrogens is 440 g/mol. The molecule has 4 rings (SSSR count). The first-order valence-corrected chi connectivity index (χ1v) is 10.5. The van der Waals surface area contributed by atoms with Crippen molar-refractivity contribution >= 4 is 27.9 Å². The van der Waals surface area contributed by atoms with E-state index in [1.165, 1.54) is 0 Å². The van der Waals surface area contributed by atoms with Crippen LogP contribution in [0.1, 0.15) is 48.4 Å². The average molecular weight is 463 g/mol. The molecule has 2 amide bonds. The highest BCUT2D eigenvalue weighted by Gasteiger charge is 2.44. The molecule has 2 aliphatic rings. The number of amides is 2. The lowest BCUT2D eigenvalue weighted by Gasteiger charge is -2.46. The van der Waals surface area contributed by atoms with E-state index in [1.54, 1.807) is 24.2 Å². The topological polar surface area (TPSA) is 96.5 Å². The van der Waals surface area contributed by atoms with Gasteiger partial charge in [0.1, 0.15) is 11.4 Å². The van der Waals surface area contributed by atoms with Crippen molar-refractivity contribution in [2.45, 2.75) is 37.8 Å². The molecule has 3 heterocycles. The lowest BCUT2D eigenvalue weighted by Crippen LogP contribution is -2.53. The van der Waals surface area contributed by atoms with Crippen molar-refractivity contribution in [3.8, 4) is 5.75 Å². The van der Waals surface area contributed by atoms with Crippen LogP contribution in [0.3, 0.4) is 0 Å². The molecule has 2 aromatic rings. The first kappa shape index (κ1) is 19.8. The zero-order chi connectivity index (χ0) is 20.4. The number of piperidine rings is 1. The van der Waals surface area contributed by atoms with Crippen LogP contribution in [0.25, 0.3) is 0 Å². The van der Waals surface area contributed by atoms with Gasteiger partial charge in [0.15, 0.2) is 5.82 Å². The monoisotopic (exact) mass is 462 g/mol. The third-order valence-electron chi connectivity index (χ3n) is 5.47. The van der Waals surface area contributed by atoms with Crippen LogP contribution in [-0.2, 0) is 4.74 Å². The summed E-state index contributed by atoms with van der Waals surface area (Å²) in [6, 6.07) is 5.60. The van der Waals surface area contributed by atoms with E-state index in [0.29, 0.717) is 39.0 Å². The van der Waals surface area contributed by atoms with Crippen molar-refractivity contribution in [2.75, 3.05) is 19.7 Å². The van der Waals surface area contributed by atoms with Crippen molar-refractivity contribution in [1.82, 2.24) is 20.2 Å². The number of halogens is 1. The second-order valence-corrected chi connectivity index (χ2v) is 8.24. The molecule has 1 aromatic heterocycles. The highest BCUT2D eigenvalue weighted by molar-refractivity contribution is 9.10. The first-order chi connectivity index (χ1) is 14.0. The van der Waals surface area contributed by atoms with Crippen LogP contribution in [0.2, 0.25) is 0 Å². The van der Waals surface area contributed by atoms with E-state index in [1.807, 2.05) is 18.2 Å². The fourth-order valence-electron chi connectivity index (χ4n) is 4.00. The number of fused-ring (bicyclic) bond motifs is 1. The van der Waals surface area contributed by atoms with Crippen molar-refractivity contribution in [2.24, 2.45) is 0 Å². The molecule has 1 spiro atoms. The van der Waals surface area contributed by atoms with Gasteiger partial charge in [0.25, 0.3) is 5.91 Å². The Bertz CT molecular complexity index is 894. The Morgan fingerprint density at radius 3 is 2.90 bits per heavy atom. The number of H-pyrrole nitrogens is 1. The van der Waals surface area contributed by atoms with Gasteiger partial charge in [-0.25, -0.2) is 9.78 Å². The van der Waals surface area contributed by atoms with Crippen LogP contribution >= 0.6 is 15.9 Å². The van der Waals surface area contributed by atoms with E-state index >= 15 is 0 Å². The van der Waals surface area contributed by atoms with Crippen LogP contribution < -0.4 is 10.1 Å². The summed E-state index contributed by atoms with van der Waals surface area (Å²) in [5.41, 5.74) is 0.489. The summed E-state index contributed by atoms with van der Waals surface area (Å²) in [5, 5.41) is 3.09. The molecule has 29 heavy (non-hydrogen) atoms. The van der Waals surface area contributed by atoms with Crippen LogP contribution in [0.4, 0.5) is 4.79 Å². The molecule has 2 N–H and O–H groups in total. The Kier molecular flexibility index (Phi) is 5.49. The van der Waals surface area contributed by atoms with Crippen LogP contribution in [0, 0.1) is 0 Å². The van der Waals surface area contributed by atoms with Gasteiger partial charge in [0, 0.05) is 54.8 Å². The predicted octanol–water partition coefficient (Wildman–Crippen LogP) is 3.42. The summed E-state index contributed by atoms with van der Waals surface area (Å²) in [5.74, 6) is 0.778. The molecule has 2 aliphatic heterocycles. The number of ether oxygens (including phenoxy) is 2. The predicted molar refractivity (Wildman–Crippen MR) is 109 cm³/mol. The molecule has 8 nitrogen and oxygen atoms in total. The molecule has 0 aliphatic carbocycles. The maximum Gasteiger partial charge on any atom is 0.409 e. The number of hydrogen-bond donors (Lipinski definition) is 2. The number of nitrogens with one attached hydrogen (secondary N) is 2. The van der Waals surface area contributed by atoms with E-state index in [-0.39, 0.29) is 23.9 Å². The minimum absolute atomic E-state index is 0.219. The van der Waals surface area contributed by atoms with Gasteiger partial charge in [-0.1, -0.05) is 15.9 Å². The molecule has 1 fully saturated rings. The van der Waals surface area contributed by atoms with E-state index < -0.39 is 5.60 Å². The van der Waals surface area contributed by atoms with Crippen molar-refractivity contribution in [1.29, 1.82) is 0 Å². The Morgan fingerprint density at radius 2 is 2.21 bits per heavy atom. The molecule has 1 unspecified atom stereocenters. The number of carbonyl (C=O) groups is 2. The number of aromatic amines is 1. The molecule has 0 bridgehead atoms. The number of likely N-dealkylation sites (tertiary alicyclic amines) is 1. The van der Waals surface area contributed by atoms with Gasteiger partial charge in [-0.3, -0.25) is 4.79 Å². The molecule has 154 valence electrons. The molecule has 9 heteroatoms. The van der Waals surface area contributed by atoms with Crippen LogP contribution in [-0.4, -0.2) is 52.2 Å².